The molecule has 2 N–H and O–H groups in total. The first-order chi connectivity index (χ1) is 13.0. The molecule has 0 amide bonds. The number of Topliss-reactive ketones (excluding diaryl/α,β-unsaturated/α-hetero) is 1. The molecule has 0 fully saturated rings. The fourth-order valence-corrected chi connectivity index (χ4v) is 3.33. The number of methoxy groups -OCH3 is 1. The van der Waals surface area contributed by atoms with Crippen LogP contribution in [0.5, 0.6) is 11.5 Å². The number of nitrogens with zero attached hydrogens (tertiary/aromatic N) is 1. The molecule has 0 saturated carbocycles. The third-order valence-corrected chi connectivity index (χ3v) is 4.63. The Balaban J connectivity index is 2.25. The van der Waals surface area contributed by atoms with Crippen LogP contribution < -0.4 is 10.1 Å². The van der Waals surface area contributed by atoms with Crippen LogP contribution in [0.25, 0.3) is 10.9 Å². The molecule has 2 aromatic carbocycles. The summed E-state index contributed by atoms with van der Waals surface area (Å²) >= 11 is 0. The molecule has 5 nitrogen and oxygen atoms in total. The zero-order valence-corrected chi connectivity index (χ0v) is 16.1. The number of ketones is 1. The Morgan fingerprint density at radius 1 is 1.19 bits per heavy atom. The van der Waals surface area contributed by atoms with Crippen molar-refractivity contribution >= 4 is 28.1 Å². The average Bonchev–Trinajstić information content (AvgIpc) is 2.64. The predicted octanol–water partition coefficient (Wildman–Crippen LogP) is 5.29. The maximum Gasteiger partial charge on any atom is 0.166 e. The van der Waals surface area contributed by atoms with Gasteiger partial charge in [-0.15, -0.1) is 0 Å². The Morgan fingerprint density at radius 3 is 2.52 bits per heavy atom. The number of fused-ring (bicyclic) bond motifs is 1. The summed E-state index contributed by atoms with van der Waals surface area (Å²) in [5.41, 5.74) is 4.64. The van der Waals surface area contributed by atoms with Gasteiger partial charge in [0, 0.05) is 23.7 Å². The molecule has 1 heterocycles. The Morgan fingerprint density at radius 2 is 1.89 bits per heavy atom. The van der Waals surface area contributed by atoms with E-state index < -0.39 is 0 Å². The number of phenols is 1. The number of hydrogen-bond acceptors (Lipinski definition) is 5. The predicted molar refractivity (Wildman–Crippen MR) is 108 cm³/mol. The lowest BCUT2D eigenvalue weighted by molar-refractivity contribution is 0.0982. The van der Waals surface area contributed by atoms with E-state index in [-0.39, 0.29) is 11.5 Å². The number of pyridine rings is 1. The number of phenolic OH excluding ortho intramolecular Hbond substituents is 1. The Labute approximate surface area is 159 Å². The van der Waals surface area contributed by atoms with Gasteiger partial charge in [0.15, 0.2) is 5.78 Å². The van der Waals surface area contributed by atoms with Gasteiger partial charge in [0.05, 0.1) is 18.4 Å². The summed E-state index contributed by atoms with van der Waals surface area (Å²) in [6.45, 7) is 5.83. The van der Waals surface area contributed by atoms with Crippen molar-refractivity contribution in [1.29, 1.82) is 0 Å². The number of benzene rings is 2. The first-order valence-corrected chi connectivity index (χ1v) is 9.02. The highest BCUT2D eigenvalue weighted by atomic mass is 16.5. The number of nitrogens with one attached hydrogen (secondary N) is 1. The molecule has 3 aromatic rings. The molecule has 0 aliphatic heterocycles. The van der Waals surface area contributed by atoms with E-state index in [9.17, 15) is 9.90 Å². The van der Waals surface area contributed by atoms with Gasteiger partial charge in [-0.2, -0.15) is 0 Å². The number of carbonyl (C=O) groups excluding carboxylic acids is 1. The van der Waals surface area contributed by atoms with Gasteiger partial charge in [0.25, 0.3) is 0 Å². The van der Waals surface area contributed by atoms with Gasteiger partial charge in [0.1, 0.15) is 17.0 Å². The molecular weight excluding hydrogens is 340 g/mol. The SMILES string of the molecule is CCCC(=O)c1cnc2c(OC)cccc2c1Nc1c(C)cc(O)cc1C. The first-order valence-electron chi connectivity index (χ1n) is 9.02. The molecule has 1 aromatic heterocycles. The van der Waals surface area contributed by atoms with Crippen LogP contribution >= 0.6 is 0 Å². The minimum absolute atomic E-state index is 0.0475. The van der Waals surface area contributed by atoms with E-state index >= 15 is 0 Å². The number of para-hydroxylation sites is 1. The quantitative estimate of drug-likeness (QED) is 0.459. The van der Waals surface area contributed by atoms with E-state index in [4.69, 9.17) is 4.74 Å². The van der Waals surface area contributed by atoms with Crippen molar-refractivity contribution in [2.45, 2.75) is 33.6 Å². The summed E-state index contributed by atoms with van der Waals surface area (Å²) < 4.78 is 5.44. The van der Waals surface area contributed by atoms with Crippen LogP contribution in [-0.2, 0) is 0 Å². The van der Waals surface area contributed by atoms with Gasteiger partial charge in [-0.1, -0.05) is 19.1 Å². The van der Waals surface area contributed by atoms with Gasteiger partial charge in [-0.25, -0.2) is 0 Å². The van der Waals surface area contributed by atoms with E-state index in [2.05, 4.69) is 10.3 Å². The van der Waals surface area contributed by atoms with Crippen LogP contribution in [0.2, 0.25) is 0 Å². The van der Waals surface area contributed by atoms with Gasteiger partial charge in [-0.05, 0) is 49.6 Å². The summed E-state index contributed by atoms with van der Waals surface area (Å²) in [6, 6.07) is 9.07. The van der Waals surface area contributed by atoms with Gasteiger partial charge in [-0.3, -0.25) is 9.78 Å². The normalized spacial score (nSPS) is 10.8. The molecule has 0 bridgehead atoms. The van der Waals surface area contributed by atoms with E-state index in [0.29, 0.717) is 28.9 Å². The second-order valence-corrected chi connectivity index (χ2v) is 6.66. The van der Waals surface area contributed by atoms with Crippen molar-refractivity contribution < 1.29 is 14.6 Å². The van der Waals surface area contributed by atoms with Gasteiger partial charge in [0.2, 0.25) is 0 Å². The van der Waals surface area contributed by atoms with Crippen molar-refractivity contribution in [2.24, 2.45) is 0 Å². The molecule has 3 rings (SSSR count). The summed E-state index contributed by atoms with van der Waals surface area (Å²) in [4.78, 5) is 17.2. The largest absolute Gasteiger partial charge is 0.508 e. The van der Waals surface area contributed by atoms with Gasteiger partial charge < -0.3 is 15.2 Å². The number of aryl methyl sites for hydroxylation is 2. The van der Waals surface area contributed by atoms with Crippen LogP contribution in [-0.4, -0.2) is 23.0 Å². The van der Waals surface area contributed by atoms with Crippen molar-refractivity contribution in [2.75, 3.05) is 12.4 Å². The fraction of sp³-hybridized carbons (Fsp3) is 0.273. The first kappa shape index (κ1) is 18.7. The molecule has 0 radical (unpaired) electrons. The van der Waals surface area contributed by atoms with E-state index in [1.165, 1.54) is 0 Å². The van der Waals surface area contributed by atoms with E-state index in [0.717, 1.165) is 28.6 Å². The zero-order valence-electron chi connectivity index (χ0n) is 16.1. The third kappa shape index (κ3) is 3.58. The zero-order chi connectivity index (χ0) is 19.6. The summed E-state index contributed by atoms with van der Waals surface area (Å²) in [7, 11) is 1.61. The molecule has 0 spiro atoms. The highest BCUT2D eigenvalue weighted by Crippen LogP contribution is 2.36. The maximum absolute atomic E-state index is 12.7. The van der Waals surface area contributed by atoms with E-state index in [1.807, 2.05) is 39.0 Å². The number of rotatable bonds is 6. The molecule has 0 aliphatic rings. The lowest BCUT2D eigenvalue weighted by Gasteiger charge is -2.18. The molecule has 27 heavy (non-hydrogen) atoms. The Kier molecular flexibility index (Phi) is 5.31. The van der Waals surface area contributed by atoms with Crippen molar-refractivity contribution in [3.05, 3.63) is 53.2 Å². The van der Waals surface area contributed by atoms with Crippen LogP contribution in [0.4, 0.5) is 11.4 Å². The Bertz CT molecular complexity index is 989. The molecule has 0 unspecified atom stereocenters. The third-order valence-electron chi connectivity index (χ3n) is 4.63. The minimum Gasteiger partial charge on any atom is -0.508 e. The molecule has 0 saturated heterocycles. The number of carbonyl (C=O) groups is 1. The minimum atomic E-state index is 0.0475. The summed E-state index contributed by atoms with van der Waals surface area (Å²) in [5.74, 6) is 0.926. The Hall–Kier alpha value is -3.08. The lowest BCUT2D eigenvalue weighted by atomic mass is 10.0. The standard InChI is InChI=1S/C22H24N2O3/c1-5-7-18(26)17-12-23-22-16(8-6-9-19(22)27-4)21(17)24-20-13(2)10-15(25)11-14(20)3/h6,8-12,25H,5,7H2,1-4H3,(H,23,24). The number of anilines is 2. The van der Waals surface area contributed by atoms with Gasteiger partial charge >= 0.3 is 0 Å². The molecule has 140 valence electrons. The molecule has 5 heteroatoms. The number of ether oxygens (including phenoxy) is 1. The second kappa shape index (κ2) is 7.66. The smallest absolute Gasteiger partial charge is 0.166 e. The number of hydrogen-bond donors (Lipinski definition) is 2. The van der Waals surface area contributed by atoms with Crippen molar-refractivity contribution in [1.82, 2.24) is 4.98 Å². The average molecular weight is 364 g/mol. The summed E-state index contributed by atoms with van der Waals surface area (Å²) in [5, 5.41) is 14.1. The van der Waals surface area contributed by atoms with Crippen LogP contribution in [0.1, 0.15) is 41.3 Å². The fourth-order valence-electron chi connectivity index (χ4n) is 3.33. The van der Waals surface area contributed by atoms with Crippen LogP contribution in [0, 0.1) is 13.8 Å². The summed E-state index contributed by atoms with van der Waals surface area (Å²) in [6.07, 6.45) is 2.85. The highest BCUT2D eigenvalue weighted by Gasteiger charge is 2.18. The lowest BCUT2D eigenvalue weighted by Crippen LogP contribution is -2.07. The van der Waals surface area contributed by atoms with Crippen LogP contribution in [0.15, 0.2) is 36.5 Å². The number of aromatic nitrogens is 1. The molecule has 0 aliphatic carbocycles. The maximum atomic E-state index is 12.7. The second-order valence-electron chi connectivity index (χ2n) is 6.66. The topological polar surface area (TPSA) is 71.5 Å². The van der Waals surface area contributed by atoms with Crippen molar-refractivity contribution in [3.63, 3.8) is 0 Å². The molecule has 0 atom stereocenters. The monoisotopic (exact) mass is 364 g/mol. The highest BCUT2D eigenvalue weighted by molar-refractivity contribution is 6.10. The number of aromatic hydroxyl groups is 1. The van der Waals surface area contributed by atoms with Crippen LogP contribution in [0.3, 0.4) is 0 Å². The molecular formula is C22H24N2O3. The van der Waals surface area contributed by atoms with Crippen molar-refractivity contribution in [3.8, 4) is 11.5 Å². The van der Waals surface area contributed by atoms with E-state index in [1.54, 1.807) is 25.4 Å².